The molecule has 4 nitrogen and oxygen atoms in total. The van der Waals surface area contributed by atoms with Crippen LogP contribution in [0.2, 0.25) is 0 Å². The molecule has 0 N–H and O–H groups in total. The van der Waals surface area contributed by atoms with Crippen molar-refractivity contribution in [1.82, 2.24) is 9.88 Å². The Kier molecular flexibility index (Phi) is 6.23. The molecular weight excluding hydrogens is 324 g/mol. The highest BCUT2D eigenvalue weighted by molar-refractivity contribution is 5.37. The quantitative estimate of drug-likeness (QED) is 0.580. The number of aromatic nitrogens is 1. The van der Waals surface area contributed by atoms with Crippen LogP contribution in [0.15, 0.2) is 73.1 Å². The lowest BCUT2D eigenvalue weighted by molar-refractivity contribution is 0.313. The van der Waals surface area contributed by atoms with Crippen molar-refractivity contribution in [3.63, 3.8) is 0 Å². The molecule has 0 aliphatic carbocycles. The van der Waals surface area contributed by atoms with Gasteiger partial charge in [-0.25, -0.2) is 0 Å². The highest BCUT2D eigenvalue weighted by Gasteiger charge is 2.08. The SMILES string of the molecule is CCOc1ccc(CN(C)Cc2ccccc2Oc2cccnc2)cc1. The van der Waals surface area contributed by atoms with Crippen molar-refractivity contribution in [2.45, 2.75) is 20.0 Å². The van der Waals surface area contributed by atoms with Gasteiger partial charge in [-0.3, -0.25) is 9.88 Å². The Morgan fingerprint density at radius 3 is 2.42 bits per heavy atom. The summed E-state index contributed by atoms with van der Waals surface area (Å²) in [5, 5.41) is 0. The number of hydrogen-bond donors (Lipinski definition) is 0. The van der Waals surface area contributed by atoms with Gasteiger partial charge in [0, 0.05) is 24.8 Å². The van der Waals surface area contributed by atoms with Gasteiger partial charge in [0.25, 0.3) is 0 Å². The smallest absolute Gasteiger partial charge is 0.145 e. The van der Waals surface area contributed by atoms with E-state index in [0.717, 1.165) is 35.9 Å². The maximum atomic E-state index is 6.00. The highest BCUT2D eigenvalue weighted by atomic mass is 16.5. The highest BCUT2D eigenvalue weighted by Crippen LogP contribution is 2.26. The first-order valence-electron chi connectivity index (χ1n) is 8.80. The van der Waals surface area contributed by atoms with Gasteiger partial charge in [-0.1, -0.05) is 30.3 Å². The molecule has 4 heteroatoms. The summed E-state index contributed by atoms with van der Waals surface area (Å²) in [5.74, 6) is 2.52. The first kappa shape index (κ1) is 18.0. The Balaban J connectivity index is 1.64. The molecule has 1 aromatic heterocycles. The molecule has 0 bridgehead atoms. The van der Waals surface area contributed by atoms with Crippen LogP contribution in [-0.4, -0.2) is 23.5 Å². The van der Waals surface area contributed by atoms with Crippen LogP contribution in [0.4, 0.5) is 0 Å². The molecule has 0 aliphatic heterocycles. The molecule has 3 aromatic rings. The van der Waals surface area contributed by atoms with E-state index >= 15 is 0 Å². The van der Waals surface area contributed by atoms with Crippen molar-refractivity contribution < 1.29 is 9.47 Å². The number of para-hydroxylation sites is 1. The summed E-state index contributed by atoms with van der Waals surface area (Å²) in [4.78, 5) is 6.37. The van der Waals surface area contributed by atoms with Crippen molar-refractivity contribution in [2.24, 2.45) is 0 Å². The van der Waals surface area contributed by atoms with Crippen LogP contribution in [0, 0.1) is 0 Å². The standard InChI is InChI=1S/C22H24N2O2/c1-3-25-20-12-10-18(11-13-20)16-24(2)17-19-7-4-5-9-22(19)26-21-8-6-14-23-15-21/h4-15H,3,16-17H2,1-2H3. The zero-order chi connectivity index (χ0) is 18.2. The molecule has 0 spiro atoms. The van der Waals surface area contributed by atoms with Crippen LogP contribution in [0.25, 0.3) is 0 Å². The number of pyridine rings is 1. The van der Waals surface area contributed by atoms with Crippen molar-refractivity contribution in [3.8, 4) is 17.2 Å². The predicted octanol–water partition coefficient (Wildman–Crippen LogP) is 4.90. The number of ether oxygens (including phenoxy) is 2. The number of nitrogens with zero attached hydrogens (tertiary/aromatic N) is 2. The van der Waals surface area contributed by atoms with Crippen LogP contribution in [-0.2, 0) is 13.1 Å². The molecule has 0 fully saturated rings. The lowest BCUT2D eigenvalue weighted by Gasteiger charge is -2.19. The molecule has 0 saturated heterocycles. The third-order valence-electron chi connectivity index (χ3n) is 3.96. The van der Waals surface area contributed by atoms with Crippen LogP contribution in [0.3, 0.4) is 0 Å². The molecule has 0 radical (unpaired) electrons. The normalized spacial score (nSPS) is 10.7. The molecule has 0 amide bonds. The molecular formula is C22H24N2O2. The summed E-state index contributed by atoms with van der Waals surface area (Å²) in [5.41, 5.74) is 2.39. The third kappa shape index (κ3) is 5.07. The Hall–Kier alpha value is -2.85. The van der Waals surface area contributed by atoms with E-state index in [-0.39, 0.29) is 0 Å². The van der Waals surface area contributed by atoms with Gasteiger partial charge in [-0.2, -0.15) is 0 Å². The van der Waals surface area contributed by atoms with E-state index in [9.17, 15) is 0 Å². The lowest BCUT2D eigenvalue weighted by Crippen LogP contribution is -2.17. The first-order chi connectivity index (χ1) is 12.7. The molecule has 0 saturated carbocycles. The van der Waals surface area contributed by atoms with Gasteiger partial charge >= 0.3 is 0 Å². The minimum atomic E-state index is 0.687. The van der Waals surface area contributed by atoms with Crippen molar-refractivity contribution >= 4 is 0 Å². The fourth-order valence-electron chi connectivity index (χ4n) is 2.78. The van der Waals surface area contributed by atoms with E-state index in [4.69, 9.17) is 9.47 Å². The molecule has 0 aliphatic rings. The number of hydrogen-bond acceptors (Lipinski definition) is 4. The van der Waals surface area contributed by atoms with E-state index in [0.29, 0.717) is 6.61 Å². The topological polar surface area (TPSA) is 34.6 Å². The molecule has 0 atom stereocenters. The van der Waals surface area contributed by atoms with E-state index < -0.39 is 0 Å². The fourth-order valence-corrected chi connectivity index (χ4v) is 2.78. The van der Waals surface area contributed by atoms with E-state index in [2.05, 4.69) is 35.1 Å². The van der Waals surface area contributed by atoms with Crippen LogP contribution >= 0.6 is 0 Å². The van der Waals surface area contributed by atoms with Gasteiger partial charge in [-0.15, -0.1) is 0 Å². The Bertz CT molecular complexity index is 804. The average Bonchev–Trinajstić information content (AvgIpc) is 2.66. The third-order valence-corrected chi connectivity index (χ3v) is 3.96. The Labute approximate surface area is 155 Å². The van der Waals surface area contributed by atoms with Crippen LogP contribution < -0.4 is 9.47 Å². The second-order valence-electron chi connectivity index (χ2n) is 6.15. The summed E-state index contributed by atoms with van der Waals surface area (Å²) < 4.78 is 11.5. The summed E-state index contributed by atoms with van der Waals surface area (Å²) in [6.07, 6.45) is 3.46. The van der Waals surface area contributed by atoms with Gasteiger partial charge in [0.05, 0.1) is 12.8 Å². The maximum Gasteiger partial charge on any atom is 0.145 e. The van der Waals surface area contributed by atoms with Crippen molar-refractivity contribution in [1.29, 1.82) is 0 Å². The maximum absolute atomic E-state index is 6.00. The monoisotopic (exact) mass is 348 g/mol. The minimum absolute atomic E-state index is 0.687. The van der Waals surface area contributed by atoms with E-state index in [1.54, 1.807) is 12.4 Å². The summed E-state index contributed by atoms with van der Waals surface area (Å²) >= 11 is 0. The largest absolute Gasteiger partial charge is 0.494 e. The molecule has 3 rings (SSSR count). The average molecular weight is 348 g/mol. The van der Waals surface area contributed by atoms with Crippen molar-refractivity contribution in [3.05, 3.63) is 84.2 Å². The number of rotatable bonds is 8. The van der Waals surface area contributed by atoms with Gasteiger partial charge < -0.3 is 9.47 Å². The molecule has 0 unspecified atom stereocenters. The fraction of sp³-hybridized carbons (Fsp3) is 0.227. The van der Waals surface area contributed by atoms with Gasteiger partial charge in [0.2, 0.25) is 0 Å². The van der Waals surface area contributed by atoms with Gasteiger partial charge in [0.15, 0.2) is 0 Å². The second kappa shape index (κ2) is 9.02. The molecule has 2 aromatic carbocycles. The van der Waals surface area contributed by atoms with Crippen LogP contribution in [0.5, 0.6) is 17.2 Å². The minimum Gasteiger partial charge on any atom is -0.494 e. The first-order valence-corrected chi connectivity index (χ1v) is 8.80. The Morgan fingerprint density at radius 2 is 1.69 bits per heavy atom. The van der Waals surface area contributed by atoms with E-state index in [1.807, 2.05) is 49.4 Å². The second-order valence-corrected chi connectivity index (χ2v) is 6.15. The summed E-state index contributed by atoms with van der Waals surface area (Å²) in [6.45, 7) is 4.33. The Morgan fingerprint density at radius 1 is 0.885 bits per heavy atom. The summed E-state index contributed by atoms with van der Waals surface area (Å²) in [6, 6.07) is 20.2. The number of benzene rings is 2. The van der Waals surface area contributed by atoms with Crippen LogP contribution in [0.1, 0.15) is 18.1 Å². The van der Waals surface area contributed by atoms with Gasteiger partial charge in [0.1, 0.15) is 17.2 Å². The summed E-state index contributed by atoms with van der Waals surface area (Å²) in [7, 11) is 2.11. The zero-order valence-corrected chi connectivity index (χ0v) is 15.3. The molecule has 26 heavy (non-hydrogen) atoms. The van der Waals surface area contributed by atoms with Gasteiger partial charge in [-0.05, 0) is 49.9 Å². The zero-order valence-electron chi connectivity index (χ0n) is 15.3. The van der Waals surface area contributed by atoms with Crippen molar-refractivity contribution in [2.75, 3.05) is 13.7 Å². The lowest BCUT2D eigenvalue weighted by atomic mass is 10.1. The molecule has 1 heterocycles. The van der Waals surface area contributed by atoms with E-state index in [1.165, 1.54) is 5.56 Å². The predicted molar refractivity (Wildman–Crippen MR) is 104 cm³/mol. The molecule has 134 valence electrons.